The Hall–Kier alpha value is -2.67. The summed E-state index contributed by atoms with van der Waals surface area (Å²) in [5.41, 5.74) is 0.962. The quantitative estimate of drug-likeness (QED) is 0.503. The number of carbonyl (C=O) groups excluding carboxylic acids is 1. The molecule has 0 aliphatic heterocycles. The zero-order chi connectivity index (χ0) is 16.9. The van der Waals surface area contributed by atoms with Crippen LogP contribution in [0.15, 0.2) is 58.4 Å². The summed E-state index contributed by atoms with van der Waals surface area (Å²) >= 11 is 1.51. The first-order valence-electron chi connectivity index (χ1n) is 7.19. The topological polar surface area (TPSA) is 66.5 Å². The minimum atomic E-state index is -0.482. The molecule has 0 unspecified atom stereocenters. The van der Waals surface area contributed by atoms with E-state index in [9.17, 15) is 4.79 Å². The van der Waals surface area contributed by atoms with Gasteiger partial charge in [-0.3, -0.25) is 4.57 Å². The van der Waals surface area contributed by atoms with Crippen LogP contribution >= 0.6 is 11.8 Å². The lowest BCUT2D eigenvalue weighted by molar-refractivity contribution is 0.0563. The first-order chi connectivity index (χ1) is 11.7. The molecule has 2 aromatic heterocycles. The van der Waals surface area contributed by atoms with Crippen molar-refractivity contribution in [2.24, 2.45) is 0 Å². The summed E-state index contributed by atoms with van der Waals surface area (Å²) in [6.07, 6.45) is 3.63. The number of aromatic nitrogens is 2. The summed E-state index contributed by atoms with van der Waals surface area (Å²) in [5, 5.41) is 0.819. The molecule has 0 N–H and O–H groups in total. The van der Waals surface area contributed by atoms with Crippen molar-refractivity contribution < 1.29 is 18.7 Å². The molecule has 2 heterocycles. The van der Waals surface area contributed by atoms with Gasteiger partial charge in [0.1, 0.15) is 11.5 Å². The maximum Gasteiger partial charge on any atom is 0.373 e. The van der Waals surface area contributed by atoms with Gasteiger partial charge in [0.2, 0.25) is 5.76 Å². The minimum Gasteiger partial charge on any atom is -0.497 e. The smallest absolute Gasteiger partial charge is 0.373 e. The second-order valence-corrected chi connectivity index (χ2v) is 5.77. The molecule has 7 heteroatoms. The van der Waals surface area contributed by atoms with E-state index in [-0.39, 0.29) is 5.76 Å². The van der Waals surface area contributed by atoms with Gasteiger partial charge in [-0.05, 0) is 24.3 Å². The van der Waals surface area contributed by atoms with E-state index in [1.54, 1.807) is 25.4 Å². The molecule has 0 atom stereocenters. The fraction of sp³-hybridized carbons (Fsp3) is 0.176. The Morgan fingerprint density at radius 3 is 2.96 bits per heavy atom. The normalized spacial score (nSPS) is 10.6. The number of imidazole rings is 1. The van der Waals surface area contributed by atoms with Crippen LogP contribution in [0.1, 0.15) is 16.3 Å². The van der Waals surface area contributed by atoms with Gasteiger partial charge in [0.25, 0.3) is 0 Å². The highest BCUT2D eigenvalue weighted by Gasteiger charge is 2.13. The average Bonchev–Trinajstić information content (AvgIpc) is 3.28. The molecular formula is C17H16N2O4S. The van der Waals surface area contributed by atoms with Gasteiger partial charge >= 0.3 is 5.97 Å². The second-order valence-electron chi connectivity index (χ2n) is 4.83. The highest BCUT2D eigenvalue weighted by molar-refractivity contribution is 7.98. The molecule has 0 spiro atoms. The summed E-state index contributed by atoms with van der Waals surface area (Å²) in [7, 11) is 2.96. The number of thioether (sulfide) groups is 1. The largest absolute Gasteiger partial charge is 0.497 e. The van der Waals surface area contributed by atoms with Crippen LogP contribution < -0.4 is 4.74 Å². The lowest BCUT2D eigenvalue weighted by Gasteiger charge is -2.08. The van der Waals surface area contributed by atoms with Gasteiger partial charge in [-0.25, -0.2) is 9.78 Å². The van der Waals surface area contributed by atoms with Crippen molar-refractivity contribution in [2.75, 3.05) is 14.2 Å². The monoisotopic (exact) mass is 344 g/mol. The molecule has 0 amide bonds. The minimum absolute atomic E-state index is 0.198. The molecule has 0 aliphatic carbocycles. The zero-order valence-electron chi connectivity index (χ0n) is 13.3. The van der Waals surface area contributed by atoms with Gasteiger partial charge in [0, 0.05) is 18.5 Å². The number of furan rings is 1. The zero-order valence-corrected chi connectivity index (χ0v) is 14.1. The predicted molar refractivity (Wildman–Crippen MR) is 89.7 cm³/mol. The van der Waals surface area contributed by atoms with Crippen molar-refractivity contribution >= 4 is 17.7 Å². The fourth-order valence-corrected chi connectivity index (χ4v) is 3.02. The Labute approximate surface area is 143 Å². The first-order valence-corrected chi connectivity index (χ1v) is 8.17. The lowest BCUT2D eigenvalue weighted by atomic mass is 10.3. The number of esters is 1. The maximum absolute atomic E-state index is 11.4. The van der Waals surface area contributed by atoms with Gasteiger partial charge in [0.05, 0.1) is 25.7 Å². The van der Waals surface area contributed by atoms with E-state index in [1.807, 2.05) is 35.0 Å². The molecule has 0 bridgehead atoms. The Morgan fingerprint density at radius 1 is 1.29 bits per heavy atom. The van der Waals surface area contributed by atoms with Crippen LogP contribution in [-0.4, -0.2) is 29.7 Å². The van der Waals surface area contributed by atoms with E-state index in [4.69, 9.17) is 9.15 Å². The summed E-state index contributed by atoms with van der Waals surface area (Å²) < 4.78 is 17.3. The van der Waals surface area contributed by atoms with Crippen LogP contribution in [0.4, 0.5) is 0 Å². The molecule has 124 valence electrons. The molecule has 0 saturated heterocycles. The highest BCUT2D eigenvalue weighted by Crippen LogP contribution is 2.26. The lowest BCUT2D eigenvalue weighted by Crippen LogP contribution is -1.98. The third-order valence-electron chi connectivity index (χ3n) is 3.33. The standard InChI is InChI=1S/C17H16N2O4S/c1-21-13-5-3-4-12(10-13)19-9-8-18-17(19)24-11-14-6-7-15(23-14)16(20)22-2/h3-10H,11H2,1-2H3. The molecule has 6 nitrogen and oxygen atoms in total. The third-order valence-corrected chi connectivity index (χ3v) is 4.32. The molecule has 0 saturated carbocycles. The van der Waals surface area contributed by atoms with Crippen LogP contribution in [0.2, 0.25) is 0 Å². The number of ether oxygens (including phenoxy) is 2. The number of hydrogen-bond donors (Lipinski definition) is 0. The number of benzene rings is 1. The summed E-state index contributed by atoms with van der Waals surface area (Å²) in [5.74, 6) is 1.73. The average molecular weight is 344 g/mol. The van der Waals surface area contributed by atoms with E-state index in [0.717, 1.165) is 16.6 Å². The molecule has 3 rings (SSSR count). The fourth-order valence-electron chi connectivity index (χ4n) is 2.15. The van der Waals surface area contributed by atoms with E-state index in [0.29, 0.717) is 11.5 Å². The van der Waals surface area contributed by atoms with Crippen molar-refractivity contribution in [3.05, 3.63) is 60.3 Å². The number of rotatable bonds is 6. The Kier molecular flexibility index (Phi) is 4.90. The van der Waals surface area contributed by atoms with Gasteiger partial charge in [-0.1, -0.05) is 17.8 Å². The molecule has 1 aromatic carbocycles. The SMILES string of the molecule is COC(=O)c1ccc(CSc2nccn2-c2cccc(OC)c2)o1. The first kappa shape index (κ1) is 16.2. The number of nitrogens with zero attached hydrogens (tertiary/aromatic N) is 2. The second kappa shape index (κ2) is 7.27. The van der Waals surface area contributed by atoms with E-state index in [2.05, 4.69) is 9.72 Å². The molecule has 0 radical (unpaired) electrons. The number of methoxy groups -OCH3 is 2. The molecule has 0 fully saturated rings. The Morgan fingerprint density at radius 2 is 2.17 bits per heavy atom. The Balaban J connectivity index is 1.74. The Bertz CT molecular complexity index is 840. The van der Waals surface area contributed by atoms with Crippen molar-refractivity contribution in [3.8, 4) is 11.4 Å². The third kappa shape index (κ3) is 3.46. The van der Waals surface area contributed by atoms with E-state index >= 15 is 0 Å². The maximum atomic E-state index is 11.4. The predicted octanol–water partition coefficient (Wildman–Crippen LogP) is 3.55. The highest BCUT2D eigenvalue weighted by atomic mass is 32.2. The van der Waals surface area contributed by atoms with Gasteiger partial charge in [0.15, 0.2) is 5.16 Å². The van der Waals surface area contributed by atoms with Gasteiger partial charge < -0.3 is 13.9 Å². The van der Waals surface area contributed by atoms with Crippen molar-refractivity contribution in [3.63, 3.8) is 0 Å². The van der Waals surface area contributed by atoms with Crippen LogP contribution in [0.5, 0.6) is 5.75 Å². The van der Waals surface area contributed by atoms with E-state index in [1.165, 1.54) is 18.9 Å². The van der Waals surface area contributed by atoms with Gasteiger partial charge in [-0.2, -0.15) is 0 Å². The van der Waals surface area contributed by atoms with Gasteiger partial charge in [-0.15, -0.1) is 0 Å². The molecular weight excluding hydrogens is 328 g/mol. The number of carbonyl (C=O) groups is 1. The summed E-state index contributed by atoms with van der Waals surface area (Å²) in [4.78, 5) is 15.8. The van der Waals surface area contributed by atoms with Crippen molar-refractivity contribution in [1.82, 2.24) is 9.55 Å². The molecule has 3 aromatic rings. The molecule has 0 aliphatic rings. The molecule has 24 heavy (non-hydrogen) atoms. The van der Waals surface area contributed by atoms with Crippen LogP contribution in [0, 0.1) is 0 Å². The number of hydrogen-bond acceptors (Lipinski definition) is 6. The van der Waals surface area contributed by atoms with Crippen LogP contribution in [0.25, 0.3) is 5.69 Å². The summed E-state index contributed by atoms with van der Waals surface area (Å²) in [6, 6.07) is 11.1. The van der Waals surface area contributed by atoms with E-state index < -0.39 is 5.97 Å². The van der Waals surface area contributed by atoms with Crippen LogP contribution in [-0.2, 0) is 10.5 Å². The summed E-state index contributed by atoms with van der Waals surface area (Å²) in [6.45, 7) is 0. The van der Waals surface area contributed by atoms with Crippen molar-refractivity contribution in [1.29, 1.82) is 0 Å². The van der Waals surface area contributed by atoms with Crippen LogP contribution in [0.3, 0.4) is 0 Å². The van der Waals surface area contributed by atoms with Crippen molar-refractivity contribution in [2.45, 2.75) is 10.9 Å².